The number of rotatable bonds is 5. The van der Waals surface area contributed by atoms with E-state index < -0.39 is 0 Å². The zero-order valence-corrected chi connectivity index (χ0v) is 19.5. The number of carbonyl (C=O) groups excluding carboxylic acids is 1. The van der Waals surface area contributed by atoms with Crippen LogP contribution in [-0.2, 0) is 0 Å². The Morgan fingerprint density at radius 1 is 1.19 bits per heavy atom. The van der Waals surface area contributed by atoms with E-state index in [4.69, 9.17) is 12.2 Å². The summed E-state index contributed by atoms with van der Waals surface area (Å²) in [4.78, 5) is 18.2. The molecule has 0 bridgehead atoms. The molecule has 3 N–H and O–H groups in total. The number of benzene rings is 2. The number of para-hydroxylation sites is 1. The Kier molecular flexibility index (Phi) is 8.34. The quantitative estimate of drug-likeness (QED) is 0.425. The fraction of sp³-hybridized carbons (Fsp3) is 0.269. The lowest BCUT2D eigenvalue weighted by molar-refractivity contribution is -0.344. The maximum absolute atomic E-state index is 13.1. The minimum absolute atomic E-state index is 0.0762. The lowest BCUT2D eigenvalue weighted by atomic mass is 9.87. The molecule has 1 amide bonds. The minimum Gasteiger partial charge on any atom is -0.388 e. The van der Waals surface area contributed by atoms with Crippen LogP contribution in [0.15, 0.2) is 73.4 Å². The molecule has 32 heavy (non-hydrogen) atoms. The fourth-order valence-electron chi connectivity index (χ4n) is 3.91. The third-order valence-corrected chi connectivity index (χ3v) is 6.04. The Balaban J connectivity index is 0.000000305. The van der Waals surface area contributed by atoms with Crippen LogP contribution in [0.5, 0.6) is 0 Å². The van der Waals surface area contributed by atoms with Crippen LogP contribution in [-0.4, -0.2) is 36.4 Å². The number of likely N-dealkylation sites (tertiary alicyclic amines) is 1. The van der Waals surface area contributed by atoms with E-state index in [0.29, 0.717) is 17.4 Å². The highest BCUT2D eigenvalue weighted by atomic mass is 32.1. The molecular weight excluding hydrogens is 416 g/mol. The molecule has 2 heterocycles. The van der Waals surface area contributed by atoms with E-state index in [0.717, 1.165) is 41.8 Å². The molecule has 5 nitrogen and oxygen atoms in total. The average Bonchev–Trinajstić information content (AvgIpc) is 2.84. The third-order valence-electron chi connectivity index (χ3n) is 5.92. The largest absolute Gasteiger partial charge is 0.388 e. The second-order valence-electron chi connectivity index (χ2n) is 7.95. The maximum Gasteiger partial charge on any atom is 0.254 e. The van der Waals surface area contributed by atoms with Gasteiger partial charge in [-0.1, -0.05) is 43.4 Å². The van der Waals surface area contributed by atoms with E-state index in [1.807, 2.05) is 78.8 Å². The topological polar surface area (TPSA) is 58.5 Å². The summed E-state index contributed by atoms with van der Waals surface area (Å²) in [5, 5.41) is 6.93. The van der Waals surface area contributed by atoms with Crippen molar-refractivity contribution in [3.05, 3.63) is 79.0 Å². The Morgan fingerprint density at radius 3 is 2.62 bits per heavy atom. The normalized spacial score (nSPS) is 17.6. The fourth-order valence-corrected chi connectivity index (χ4v) is 4.04. The van der Waals surface area contributed by atoms with Gasteiger partial charge in [-0.25, -0.2) is 4.98 Å². The van der Waals surface area contributed by atoms with Gasteiger partial charge in [0.15, 0.2) is 6.20 Å². The number of hydrogen-bond acceptors (Lipinski definition) is 3. The predicted octanol–water partition coefficient (Wildman–Crippen LogP) is 5.04. The number of pyridine rings is 1. The van der Waals surface area contributed by atoms with Crippen molar-refractivity contribution in [2.24, 2.45) is 11.8 Å². The highest BCUT2D eigenvalue weighted by Crippen LogP contribution is 2.27. The molecule has 3 aromatic rings. The van der Waals surface area contributed by atoms with Gasteiger partial charge in [0.05, 0.1) is 16.4 Å². The van der Waals surface area contributed by atoms with Crippen molar-refractivity contribution in [3.8, 4) is 0 Å². The molecule has 2 atom stereocenters. The number of aromatic nitrogens is 1. The van der Waals surface area contributed by atoms with Crippen molar-refractivity contribution in [3.63, 3.8) is 0 Å². The summed E-state index contributed by atoms with van der Waals surface area (Å²) in [6.45, 7) is 7.68. The molecule has 0 aliphatic carbocycles. The molecule has 0 saturated carbocycles. The van der Waals surface area contributed by atoms with Crippen molar-refractivity contribution in [1.29, 1.82) is 0 Å². The van der Waals surface area contributed by atoms with Gasteiger partial charge in [0, 0.05) is 43.6 Å². The third kappa shape index (κ3) is 5.71. The first-order valence-corrected chi connectivity index (χ1v) is 11.3. The average molecular weight is 448 g/mol. The number of hydrogen-bond donors (Lipinski definition) is 2. The number of nitrogens with zero attached hydrogens (tertiary/aromatic N) is 1. The number of carbonyl (C=O) groups is 1. The van der Waals surface area contributed by atoms with Crippen molar-refractivity contribution >= 4 is 45.9 Å². The molecule has 2 aromatic carbocycles. The standard InChI is InChI=1S/C19H21N3OS.C7H9N/c1-3-14-11-22(9-7-13(14)2)19(23)16-6-8-20-18-5-4-15(21-12-24)10-17(16)18;1-8-7-5-3-2-4-6-7/h3-6,8,10,12-14H,1,7,9,11H2,2H3,(H,21,24);2-6,8H,1H3/p+1. The highest BCUT2D eigenvalue weighted by Gasteiger charge is 2.28. The summed E-state index contributed by atoms with van der Waals surface area (Å²) in [5.74, 6) is 1.01. The number of fused-ring (bicyclic) bond motifs is 1. The number of amides is 1. The van der Waals surface area contributed by atoms with Gasteiger partial charge in [0.25, 0.3) is 5.91 Å². The Hall–Kier alpha value is -3.25. The van der Waals surface area contributed by atoms with Crippen LogP contribution in [0, 0.1) is 11.8 Å². The molecule has 2 unspecified atom stereocenters. The molecule has 166 valence electrons. The summed E-state index contributed by atoms with van der Waals surface area (Å²) in [6.07, 6.45) is 4.80. The lowest BCUT2D eigenvalue weighted by Crippen LogP contribution is -2.42. The Labute approximate surface area is 195 Å². The van der Waals surface area contributed by atoms with Crippen molar-refractivity contribution < 1.29 is 9.78 Å². The number of thiocarbonyl (C=S) groups is 1. The van der Waals surface area contributed by atoms with Crippen LogP contribution in [0.25, 0.3) is 10.9 Å². The van der Waals surface area contributed by atoms with E-state index >= 15 is 0 Å². The predicted molar refractivity (Wildman–Crippen MR) is 137 cm³/mol. The van der Waals surface area contributed by atoms with Crippen molar-refractivity contribution in [1.82, 2.24) is 4.90 Å². The van der Waals surface area contributed by atoms with Crippen LogP contribution in [0.3, 0.4) is 0 Å². The molecule has 4 rings (SSSR count). The minimum atomic E-state index is 0.0762. The first-order valence-electron chi connectivity index (χ1n) is 10.9. The van der Waals surface area contributed by atoms with E-state index in [1.165, 1.54) is 5.49 Å². The number of piperidine rings is 1. The first-order chi connectivity index (χ1) is 15.6. The summed E-state index contributed by atoms with van der Waals surface area (Å²) in [5.41, 5.74) is 5.15. The van der Waals surface area contributed by atoms with Crippen LogP contribution in [0.4, 0.5) is 11.4 Å². The second kappa shape index (κ2) is 11.4. The number of H-pyrrole nitrogens is 1. The molecule has 1 saturated heterocycles. The van der Waals surface area contributed by atoms with Crippen molar-refractivity contribution in [2.45, 2.75) is 13.3 Å². The summed E-state index contributed by atoms with van der Waals surface area (Å²) >= 11 is 4.85. The van der Waals surface area contributed by atoms with Gasteiger partial charge in [-0.2, -0.15) is 0 Å². The lowest BCUT2D eigenvalue weighted by Gasteiger charge is -2.35. The van der Waals surface area contributed by atoms with Crippen LogP contribution in [0.1, 0.15) is 23.7 Å². The Morgan fingerprint density at radius 2 is 1.97 bits per heavy atom. The van der Waals surface area contributed by atoms with E-state index in [1.54, 1.807) is 0 Å². The molecule has 1 aromatic heterocycles. The SMILES string of the molecule is C=CC1CN(C(=O)c2cc[nH+]c3ccc(NC=S)cc23)CCC1C.CNc1ccccc1. The molecule has 1 fully saturated rings. The van der Waals surface area contributed by atoms with Gasteiger partial charge in [0.1, 0.15) is 0 Å². The van der Waals surface area contributed by atoms with Crippen LogP contribution in [0.2, 0.25) is 0 Å². The van der Waals surface area contributed by atoms with Crippen molar-refractivity contribution in [2.75, 3.05) is 30.8 Å². The second-order valence-corrected chi connectivity index (χ2v) is 8.18. The monoisotopic (exact) mass is 447 g/mol. The highest BCUT2D eigenvalue weighted by molar-refractivity contribution is 7.79. The molecule has 6 heteroatoms. The number of nitrogens with one attached hydrogen (secondary N) is 3. The summed E-state index contributed by atoms with van der Waals surface area (Å²) < 4.78 is 0. The number of aromatic amines is 1. The Bertz CT molecular complexity index is 1070. The smallest absolute Gasteiger partial charge is 0.254 e. The maximum atomic E-state index is 13.1. The molecule has 0 radical (unpaired) electrons. The van der Waals surface area contributed by atoms with Gasteiger partial charge in [-0.05, 0) is 42.5 Å². The molecular formula is C26H31N4OS+. The van der Waals surface area contributed by atoms with Gasteiger partial charge in [-0.15, -0.1) is 6.58 Å². The van der Waals surface area contributed by atoms with E-state index in [-0.39, 0.29) is 5.91 Å². The van der Waals surface area contributed by atoms with E-state index in [2.05, 4.69) is 29.1 Å². The van der Waals surface area contributed by atoms with Gasteiger partial charge >= 0.3 is 0 Å². The molecule has 1 aliphatic rings. The summed E-state index contributed by atoms with van der Waals surface area (Å²) in [6, 6.07) is 17.8. The van der Waals surface area contributed by atoms with Crippen LogP contribution >= 0.6 is 12.2 Å². The van der Waals surface area contributed by atoms with Gasteiger partial charge in [-0.3, -0.25) is 4.79 Å². The van der Waals surface area contributed by atoms with Crippen LogP contribution < -0.4 is 15.6 Å². The molecule has 0 spiro atoms. The zero-order valence-electron chi connectivity index (χ0n) is 18.7. The summed E-state index contributed by atoms with van der Waals surface area (Å²) in [7, 11) is 1.91. The van der Waals surface area contributed by atoms with Gasteiger partial charge < -0.3 is 15.5 Å². The first kappa shape index (κ1) is 23.4. The van der Waals surface area contributed by atoms with Gasteiger partial charge in [0.2, 0.25) is 5.52 Å². The molecule has 1 aliphatic heterocycles. The number of anilines is 2. The van der Waals surface area contributed by atoms with E-state index in [9.17, 15) is 4.79 Å². The zero-order chi connectivity index (χ0) is 22.9.